The molecule has 1 aliphatic rings. The Hall–Kier alpha value is -2.60. The third-order valence-corrected chi connectivity index (χ3v) is 4.35. The van der Waals surface area contributed by atoms with E-state index in [2.05, 4.69) is 15.0 Å². The van der Waals surface area contributed by atoms with E-state index in [4.69, 9.17) is 16.7 Å². The van der Waals surface area contributed by atoms with Crippen LogP contribution in [0.2, 0.25) is 5.15 Å². The van der Waals surface area contributed by atoms with Gasteiger partial charge in [0.05, 0.1) is 11.3 Å². The first-order valence-electron chi connectivity index (χ1n) is 7.20. The number of carbonyl (C=O) groups is 1. The Kier molecular flexibility index (Phi) is 3.20. The van der Waals surface area contributed by atoms with Crippen LogP contribution in [0.25, 0.3) is 5.65 Å². The maximum atomic E-state index is 10.9. The van der Waals surface area contributed by atoms with Gasteiger partial charge in [0, 0.05) is 37.5 Å². The lowest BCUT2D eigenvalue weighted by atomic mass is 9.90. The van der Waals surface area contributed by atoms with E-state index < -0.39 is 5.97 Å². The lowest BCUT2D eigenvalue weighted by molar-refractivity contribution is 0.0697. The number of anilines is 1. The van der Waals surface area contributed by atoms with Gasteiger partial charge < -0.3 is 10.0 Å². The Labute approximate surface area is 136 Å². The molecule has 3 aromatic rings. The molecule has 3 heterocycles. The van der Waals surface area contributed by atoms with Crippen molar-refractivity contribution in [2.24, 2.45) is 0 Å². The summed E-state index contributed by atoms with van der Waals surface area (Å²) in [5, 5.41) is 13.6. The minimum absolute atomic E-state index is 0.310. The number of imidazole rings is 1. The molecule has 6 nitrogen and oxygen atoms in total. The molecule has 1 saturated heterocycles. The van der Waals surface area contributed by atoms with Crippen LogP contribution in [0.5, 0.6) is 0 Å². The van der Waals surface area contributed by atoms with Gasteiger partial charge in [0.25, 0.3) is 0 Å². The zero-order valence-electron chi connectivity index (χ0n) is 12.1. The highest BCUT2D eigenvalue weighted by Crippen LogP contribution is 2.34. The van der Waals surface area contributed by atoms with Gasteiger partial charge in [0.1, 0.15) is 0 Å². The van der Waals surface area contributed by atoms with Crippen LogP contribution in [0.1, 0.15) is 21.8 Å². The summed E-state index contributed by atoms with van der Waals surface area (Å²) in [6, 6.07) is 8.90. The van der Waals surface area contributed by atoms with Crippen molar-refractivity contribution >= 4 is 28.9 Å². The van der Waals surface area contributed by atoms with Gasteiger partial charge in [-0.1, -0.05) is 23.7 Å². The first-order chi connectivity index (χ1) is 11.1. The average molecular weight is 329 g/mol. The molecular weight excluding hydrogens is 316 g/mol. The summed E-state index contributed by atoms with van der Waals surface area (Å²) in [6.07, 6.45) is 3.47. The van der Waals surface area contributed by atoms with Gasteiger partial charge in [-0.2, -0.15) is 5.10 Å². The normalized spacial score (nSPS) is 14.9. The number of aromatic carboxylic acids is 1. The van der Waals surface area contributed by atoms with E-state index in [1.165, 1.54) is 0 Å². The number of rotatable bonds is 3. The number of carboxylic acids is 1. The Morgan fingerprint density at radius 3 is 2.70 bits per heavy atom. The Balaban J connectivity index is 1.54. The molecule has 1 fully saturated rings. The van der Waals surface area contributed by atoms with Crippen molar-refractivity contribution in [1.82, 2.24) is 14.6 Å². The zero-order valence-corrected chi connectivity index (χ0v) is 12.8. The quantitative estimate of drug-likeness (QED) is 0.800. The van der Waals surface area contributed by atoms with Crippen molar-refractivity contribution in [1.29, 1.82) is 0 Å². The number of hydrogen-bond donors (Lipinski definition) is 1. The van der Waals surface area contributed by atoms with Crippen molar-refractivity contribution in [2.75, 3.05) is 18.0 Å². The second-order valence-electron chi connectivity index (χ2n) is 5.58. The smallest absolute Gasteiger partial charge is 0.335 e. The molecule has 7 heteroatoms. The Morgan fingerprint density at radius 1 is 1.26 bits per heavy atom. The molecule has 0 aliphatic carbocycles. The van der Waals surface area contributed by atoms with Crippen LogP contribution >= 0.6 is 11.6 Å². The van der Waals surface area contributed by atoms with Crippen LogP contribution in [0.15, 0.2) is 42.7 Å². The van der Waals surface area contributed by atoms with E-state index in [1.54, 1.807) is 29.0 Å². The van der Waals surface area contributed by atoms with Gasteiger partial charge in [0.15, 0.2) is 10.8 Å². The molecule has 0 unspecified atom stereocenters. The molecule has 23 heavy (non-hydrogen) atoms. The summed E-state index contributed by atoms with van der Waals surface area (Å²) in [5.41, 5.74) is 3.21. The Bertz CT molecular complexity index is 885. The third kappa shape index (κ3) is 2.41. The summed E-state index contributed by atoms with van der Waals surface area (Å²) >= 11 is 6.06. The molecule has 0 radical (unpaired) electrons. The first-order valence-corrected chi connectivity index (χ1v) is 7.58. The highest BCUT2D eigenvalue weighted by Gasteiger charge is 2.30. The molecule has 2 aromatic heterocycles. The Morgan fingerprint density at radius 2 is 2.00 bits per heavy atom. The minimum Gasteiger partial charge on any atom is -0.478 e. The third-order valence-electron chi connectivity index (χ3n) is 4.16. The van der Waals surface area contributed by atoms with E-state index in [0.717, 1.165) is 30.0 Å². The molecule has 1 aliphatic heterocycles. The maximum absolute atomic E-state index is 10.9. The molecular formula is C16H13ClN4O2. The number of benzene rings is 1. The summed E-state index contributed by atoms with van der Waals surface area (Å²) in [6.45, 7) is 1.69. The fraction of sp³-hybridized carbons (Fsp3) is 0.188. The fourth-order valence-electron chi connectivity index (χ4n) is 2.89. The molecule has 1 N–H and O–H groups in total. The lowest BCUT2D eigenvalue weighted by Gasteiger charge is -2.41. The lowest BCUT2D eigenvalue weighted by Crippen LogP contribution is -2.45. The van der Waals surface area contributed by atoms with E-state index in [0.29, 0.717) is 16.6 Å². The van der Waals surface area contributed by atoms with E-state index in [-0.39, 0.29) is 0 Å². The summed E-state index contributed by atoms with van der Waals surface area (Å²) in [7, 11) is 0. The largest absolute Gasteiger partial charge is 0.478 e. The topological polar surface area (TPSA) is 70.7 Å². The van der Waals surface area contributed by atoms with Gasteiger partial charge in [-0.15, -0.1) is 0 Å². The molecule has 1 aromatic carbocycles. The molecule has 0 amide bonds. The van der Waals surface area contributed by atoms with Crippen molar-refractivity contribution in [3.05, 3.63) is 59.0 Å². The van der Waals surface area contributed by atoms with E-state index >= 15 is 0 Å². The van der Waals surface area contributed by atoms with Crippen molar-refractivity contribution in [3.63, 3.8) is 0 Å². The van der Waals surface area contributed by atoms with Crippen molar-refractivity contribution in [3.8, 4) is 0 Å². The number of halogens is 1. The van der Waals surface area contributed by atoms with Crippen LogP contribution in [-0.4, -0.2) is 38.8 Å². The van der Waals surface area contributed by atoms with Crippen molar-refractivity contribution in [2.45, 2.75) is 5.92 Å². The molecule has 0 atom stereocenters. The maximum Gasteiger partial charge on any atom is 0.335 e. The van der Waals surface area contributed by atoms with Crippen LogP contribution in [0, 0.1) is 0 Å². The molecule has 0 bridgehead atoms. The number of aromatic nitrogens is 3. The second-order valence-corrected chi connectivity index (χ2v) is 5.96. The van der Waals surface area contributed by atoms with E-state index in [9.17, 15) is 4.79 Å². The first kappa shape index (κ1) is 14.0. The standard InChI is InChI=1S/C16H13ClN4O2/c17-14-7-13(15-18-5-6-21(15)19-14)20-8-12(9-20)10-1-3-11(4-2-10)16(22)23/h1-7,12H,8-9H2,(H,22,23). The summed E-state index contributed by atoms with van der Waals surface area (Å²) in [5.74, 6) is -0.528. The van der Waals surface area contributed by atoms with Gasteiger partial charge in [0.2, 0.25) is 0 Å². The second kappa shape index (κ2) is 5.24. The molecule has 0 spiro atoms. The van der Waals surface area contributed by atoms with Crippen molar-refractivity contribution < 1.29 is 9.90 Å². The minimum atomic E-state index is -0.903. The zero-order chi connectivity index (χ0) is 16.0. The highest BCUT2D eigenvalue weighted by molar-refractivity contribution is 6.29. The molecule has 0 saturated carbocycles. The molecule has 116 valence electrons. The predicted molar refractivity (Wildman–Crippen MR) is 86.4 cm³/mol. The van der Waals surface area contributed by atoms with Crippen LogP contribution < -0.4 is 4.90 Å². The summed E-state index contributed by atoms with van der Waals surface area (Å²) in [4.78, 5) is 17.4. The highest BCUT2D eigenvalue weighted by atomic mass is 35.5. The SMILES string of the molecule is O=C(O)c1ccc(C2CN(c3cc(Cl)nn4ccnc34)C2)cc1. The number of hydrogen-bond acceptors (Lipinski definition) is 4. The number of carboxylic acid groups (broad SMARTS) is 1. The average Bonchev–Trinajstić information content (AvgIpc) is 2.94. The predicted octanol–water partition coefficient (Wildman–Crippen LogP) is 2.68. The van der Waals surface area contributed by atoms with Crippen LogP contribution in [0.4, 0.5) is 5.69 Å². The van der Waals surface area contributed by atoms with Crippen LogP contribution in [-0.2, 0) is 0 Å². The van der Waals surface area contributed by atoms with Gasteiger partial charge in [-0.25, -0.2) is 14.3 Å². The number of nitrogens with zero attached hydrogens (tertiary/aromatic N) is 4. The van der Waals surface area contributed by atoms with Crippen LogP contribution in [0.3, 0.4) is 0 Å². The fourth-order valence-corrected chi connectivity index (χ4v) is 3.07. The monoisotopic (exact) mass is 328 g/mol. The van der Waals surface area contributed by atoms with Gasteiger partial charge in [-0.3, -0.25) is 0 Å². The number of fused-ring (bicyclic) bond motifs is 1. The van der Waals surface area contributed by atoms with E-state index in [1.807, 2.05) is 18.2 Å². The van der Waals surface area contributed by atoms with Gasteiger partial charge >= 0.3 is 5.97 Å². The van der Waals surface area contributed by atoms with Gasteiger partial charge in [-0.05, 0) is 17.7 Å². The summed E-state index contributed by atoms with van der Waals surface area (Å²) < 4.78 is 1.67. The molecule has 4 rings (SSSR count).